The summed E-state index contributed by atoms with van der Waals surface area (Å²) in [6.07, 6.45) is -1.28. The summed E-state index contributed by atoms with van der Waals surface area (Å²) in [6, 6.07) is 7.90. The van der Waals surface area contributed by atoms with Crippen molar-refractivity contribution in [3.63, 3.8) is 0 Å². The second kappa shape index (κ2) is 10.4. The lowest BCUT2D eigenvalue weighted by molar-refractivity contribution is -0.120. The lowest BCUT2D eigenvalue weighted by atomic mass is 10.0. The molecule has 198 valence electrons. The first kappa shape index (κ1) is 25.0. The van der Waals surface area contributed by atoms with Gasteiger partial charge in [-0.1, -0.05) is 0 Å². The summed E-state index contributed by atoms with van der Waals surface area (Å²) in [5, 5.41) is 13.7. The van der Waals surface area contributed by atoms with Crippen molar-refractivity contribution in [3.05, 3.63) is 54.4 Å². The molecule has 2 aliphatic rings. The molecule has 5 rings (SSSR count). The highest BCUT2D eigenvalue weighted by atomic mass is 19.1. The zero-order chi connectivity index (χ0) is 26.8. The molecular weight excluding hydrogens is 506 g/mol. The van der Waals surface area contributed by atoms with Gasteiger partial charge in [-0.05, 0) is 41.6 Å². The molecule has 38 heavy (non-hydrogen) atoms. The number of hydrogen-bond acceptors (Lipinski definition) is 9. The van der Waals surface area contributed by atoms with Crippen LogP contribution < -0.4 is 20.9 Å². The first-order chi connectivity index (χ1) is 18.3. The Morgan fingerprint density at radius 3 is 2.08 bits per heavy atom. The molecule has 2 atom stereocenters. The maximum Gasteiger partial charge on any atom is 0.414 e. The third kappa shape index (κ3) is 5.08. The number of amides is 3. The average Bonchev–Trinajstić information content (AvgIpc) is 3.63. The van der Waals surface area contributed by atoms with Gasteiger partial charge in [0.05, 0.1) is 37.6 Å². The first-order valence-corrected chi connectivity index (χ1v) is 11.6. The third-order valence-corrected chi connectivity index (χ3v) is 6.04. The first-order valence-electron chi connectivity index (χ1n) is 11.6. The molecule has 0 bridgehead atoms. The predicted octanol–water partition coefficient (Wildman–Crippen LogP) is 1.04. The zero-order valence-corrected chi connectivity index (χ0v) is 19.8. The van der Waals surface area contributed by atoms with Crippen molar-refractivity contribution in [3.8, 4) is 11.1 Å². The van der Waals surface area contributed by atoms with Crippen LogP contribution in [-0.4, -0.2) is 76.7 Å². The fourth-order valence-electron chi connectivity index (χ4n) is 4.20. The van der Waals surface area contributed by atoms with Crippen molar-refractivity contribution in [1.82, 2.24) is 25.5 Å². The predicted molar refractivity (Wildman–Crippen MR) is 127 cm³/mol. The highest BCUT2D eigenvalue weighted by Crippen LogP contribution is 2.33. The minimum absolute atomic E-state index is 0.0277. The monoisotopic (exact) mass is 528 g/mol. The maximum atomic E-state index is 15.1. The molecule has 13 nitrogen and oxygen atoms in total. The van der Waals surface area contributed by atoms with Crippen LogP contribution in [0, 0.1) is 11.6 Å². The number of carbonyl (C=O) groups excluding carboxylic acids is 3. The van der Waals surface area contributed by atoms with Crippen LogP contribution in [0.3, 0.4) is 0 Å². The van der Waals surface area contributed by atoms with Gasteiger partial charge in [0.2, 0.25) is 5.91 Å². The second-order valence-electron chi connectivity index (χ2n) is 8.56. The number of carbonyl (C=O) groups is 3. The Bertz CT molecular complexity index is 1370. The second-order valence-corrected chi connectivity index (χ2v) is 8.56. The normalized spacial score (nSPS) is 19.0. The van der Waals surface area contributed by atoms with Crippen molar-refractivity contribution in [2.45, 2.75) is 18.8 Å². The number of tetrazole rings is 1. The Balaban J connectivity index is 1.28. The number of nitrogens with two attached hydrogens (primary N) is 1. The van der Waals surface area contributed by atoms with E-state index in [1.807, 2.05) is 0 Å². The number of benzene rings is 2. The highest BCUT2D eigenvalue weighted by molar-refractivity contribution is 5.91. The standard InChI is InChI=1S/C23H22F2N8O5/c24-19-5-13(31-9-15(37-22(31)35)8-27-21(34)7-26)1-3-17(19)18-4-2-14(6-20(18)25)32-10-16(38-23(32)36)11-33-29-12-28-30-33/h1-6,12,15-16H,7-11,26H2,(H,27,34)/t15-,16+/m0/s1. The SMILES string of the molecule is NCC(=O)NC[C@H]1CN(c2ccc(-c3ccc(N4C[C@H](Cn5ncnn5)OC4=O)cc3F)c(F)c2)C(=O)O1. The fourth-order valence-corrected chi connectivity index (χ4v) is 4.20. The van der Waals surface area contributed by atoms with E-state index < -0.39 is 41.9 Å². The van der Waals surface area contributed by atoms with E-state index in [0.717, 1.165) is 12.1 Å². The summed E-state index contributed by atoms with van der Waals surface area (Å²) in [6.45, 7) is 0.294. The highest BCUT2D eigenvalue weighted by Gasteiger charge is 2.34. The van der Waals surface area contributed by atoms with Gasteiger partial charge in [0.1, 0.15) is 30.4 Å². The van der Waals surface area contributed by atoms with E-state index in [1.54, 1.807) is 0 Å². The van der Waals surface area contributed by atoms with Crippen molar-refractivity contribution >= 4 is 29.5 Å². The summed E-state index contributed by atoms with van der Waals surface area (Å²) in [7, 11) is 0. The molecule has 0 aliphatic carbocycles. The smallest absolute Gasteiger partial charge is 0.414 e. The Morgan fingerprint density at radius 2 is 1.55 bits per heavy atom. The molecule has 0 spiro atoms. The molecular formula is C23H22F2N8O5. The van der Waals surface area contributed by atoms with Crippen LogP contribution in [0.15, 0.2) is 42.7 Å². The van der Waals surface area contributed by atoms with Crippen LogP contribution in [0.5, 0.6) is 0 Å². The molecule has 0 saturated carbocycles. The molecule has 0 unspecified atom stereocenters. The number of nitrogens with one attached hydrogen (secondary N) is 1. The van der Waals surface area contributed by atoms with Crippen LogP contribution >= 0.6 is 0 Å². The lowest BCUT2D eigenvalue weighted by Gasteiger charge is -2.16. The van der Waals surface area contributed by atoms with Gasteiger partial charge >= 0.3 is 12.2 Å². The molecule has 2 aromatic carbocycles. The van der Waals surface area contributed by atoms with E-state index in [4.69, 9.17) is 15.2 Å². The molecule has 3 amide bonds. The van der Waals surface area contributed by atoms with E-state index in [-0.39, 0.29) is 55.2 Å². The van der Waals surface area contributed by atoms with Crippen LogP contribution in [0.4, 0.5) is 29.7 Å². The molecule has 2 fully saturated rings. The van der Waals surface area contributed by atoms with Gasteiger partial charge in [-0.3, -0.25) is 14.6 Å². The van der Waals surface area contributed by atoms with Gasteiger partial charge < -0.3 is 20.5 Å². The number of rotatable bonds is 8. The molecule has 15 heteroatoms. The maximum absolute atomic E-state index is 15.1. The van der Waals surface area contributed by atoms with Crippen LogP contribution in [0.25, 0.3) is 11.1 Å². The number of ether oxygens (including phenoxy) is 2. The fraction of sp³-hybridized carbons (Fsp3) is 0.304. The lowest BCUT2D eigenvalue weighted by Crippen LogP contribution is -2.37. The van der Waals surface area contributed by atoms with Gasteiger partial charge in [0.25, 0.3) is 0 Å². The summed E-state index contributed by atoms with van der Waals surface area (Å²) in [4.78, 5) is 39.7. The van der Waals surface area contributed by atoms with Crippen molar-refractivity contribution in [2.75, 3.05) is 36.0 Å². The molecule has 3 aromatic rings. The van der Waals surface area contributed by atoms with E-state index in [2.05, 4.69) is 20.7 Å². The van der Waals surface area contributed by atoms with Gasteiger partial charge in [-0.2, -0.15) is 4.80 Å². The Kier molecular flexibility index (Phi) is 6.83. The van der Waals surface area contributed by atoms with Crippen molar-refractivity contribution in [1.29, 1.82) is 0 Å². The largest absolute Gasteiger partial charge is 0.442 e. The Labute approximate surface area is 214 Å². The summed E-state index contributed by atoms with van der Waals surface area (Å²) in [5.41, 5.74) is 5.64. The molecule has 0 radical (unpaired) electrons. The minimum Gasteiger partial charge on any atom is -0.442 e. The minimum atomic E-state index is -0.761. The quantitative estimate of drug-likeness (QED) is 0.436. The number of cyclic esters (lactones) is 2. The number of anilines is 2. The van der Waals surface area contributed by atoms with Crippen molar-refractivity contribution in [2.24, 2.45) is 5.73 Å². The van der Waals surface area contributed by atoms with E-state index >= 15 is 8.78 Å². The molecule has 2 aliphatic heterocycles. The number of nitrogens with zero attached hydrogens (tertiary/aromatic N) is 6. The molecule has 1 aromatic heterocycles. The van der Waals surface area contributed by atoms with Gasteiger partial charge in [0.15, 0.2) is 6.33 Å². The van der Waals surface area contributed by atoms with Crippen LogP contribution in [0.2, 0.25) is 0 Å². The molecule has 2 saturated heterocycles. The summed E-state index contributed by atoms with van der Waals surface area (Å²) in [5.74, 6) is -1.91. The molecule has 3 heterocycles. The number of halogens is 2. The summed E-state index contributed by atoms with van der Waals surface area (Å²) < 4.78 is 40.6. The van der Waals surface area contributed by atoms with E-state index in [9.17, 15) is 14.4 Å². The number of aromatic nitrogens is 4. The average molecular weight is 528 g/mol. The molecule has 3 N–H and O–H groups in total. The third-order valence-electron chi connectivity index (χ3n) is 6.04. The van der Waals surface area contributed by atoms with Gasteiger partial charge in [0, 0.05) is 11.1 Å². The summed E-state index contributed by atoms with van der Waals surface area (Å²) >= 11 is 0. The van der Waals surface area contributed by atoms with E-state index in [0.29, 0.717) is 0 Å². The Hall–Kier alpha value is -4.66. The number of hydrogen-bond donors (Lipinski definition) is 2. The van der Waals surface area contributed by atoms with Gasteiger partial charge in [-0.25, -0.2) is 18.4 Å². The topological polar surface area (TPSA) is 158 Å². The zero-order valence-electron chi connectivity index (χ0n) is 19.8. The van der Waals surface area contributed by atoms with Crippen molar-refractivity contribution < 1.29 is 32.6 Å². The van der Waals surface area contributed by atoms with Gasteiger partial charge in [-0.15, -0.1) is 10.2 Å². The Morgan fingerprint density at radius 1 is 0.974 bits per heavy atom. The van der Waals surface area contributed by atoms with Crippen LogP contribution in [0.1, 0.15) is 0 Å². The van der Waals surface area contributed by atoms with Crippen LogP contribution in [-0.2, 0) is 20.8 Å². The van der Waals surface area contributed by atoms with E-state index in [1.165, 1.54) is 45.2 Å².